The van der Waals surface area contributed by atoms with Crippen molar-refractivity contribution in [3.8, 4) is 0 Å². The van der Waals surface area contributed by atoms with Gasteiger partial charge in [0.25, 0.3) is 0 Å². The lowest BCUT2D eigenvalue weighted by Gasteiger charge is -2.23. The number of amides is 3. The molecule has 0 bridgehead atoms. The highest BCUT2D eigenvalue weighted by atomic mass is 19.4. The van der Waals surface area contributed by atoms with Crippen molar-refractivity contribution >= 4 is 23.5 Å². The van der Waals surface area contributed by atoms with Crippen LogP contribution >= 0.6 is 0 Å². The fourth-order valence-electron chi connectivity index (χ4n) is 5.18. The summed E-state index contributed by atoms with van der Waals surface area (Å²) in [6, 6.07) is -1.17. The molecule has 0 aromatic carbocycles. The number of likely N-dealkylation sites (tertiary alicyclic amines) is 1. The Balaban J connectivity index is 1.72. The van der Waals surface area contributed by atoms with E-state index in [9.17, 15) is 45.5 Å². The topological polar surface area (TPSA) is 128 Å². The molecule has 3 aliphatic rings. The van der Waals surface area contributed by atoms with E-state index in [0.717, 1.165) is 4.90 Å². The fourth-order valence-corrected chi connectivity index (χ4v) is 5.18. The van der Waals surface area contributed by atoms with Gasteiger partial charge in [-0.25, -0.2) is 0 Å². The molecule has 198 valence electrons. The summed E-state index contributed by atoms with van der Waals surface area (Å²) in [4.78, 5) is 50.1. The number of rotatable bonds is 10. The number of halogens is 6. The summed E-state index contributed by atoms with van der Waals surface area (Å²) in [5.41, 5.74) is 4.54. The summed E-state index contributed by atoms with van der Waals surface area (Å²) in [5, 5.41) is 2.60. The minimum Gasteiger partial charge on any atom is -0.368 e. The molecular formula is C20H25F6N3O6. The molecule has 35 heavy (non-hydrogen) atoms. The van der Waals surface area contributed by atoms with Crippen LogP contribution in [0.1, 0.15) is 25.7 Å². The van der Waals surface area contributed by atoms with Gasteiger partial charge in [-0.2, -0.15) is 13.2 Å². The lowest BCUT2D eigenvalue weighted by Crippen LogP contribution is -2.45. The van der Waals surface area contributed by atoms with Crippen molar-refractivity contribution in [2.24, 2.45) is 28.9 Å². The van der Waals surface area contributed by atoms with Gasteiger partial charge >= 0.3 is 12.5 Å². The van der Waals surface area contributed by atoms with Crippen molar-refractivity contribution in [1.82, 2.24) is 10.2 Å². The van der Waals surface area contributed by atoms with Crippen LogP contribution in [0.3, 0.4) is 0 Å². The Morgan fingerprint density at radius 3 is 2.37 bits per heavy atom. The number of carbonyl (C=O) groups is 4. The second kappa shape index (κ2) is 9.91. The molecule has 2 heterocycles. The number of nitrogens with one attached hydrogen (secondary N) is 1. The number of hydrogen-bond donors (Lipinski definition) is 2. The van der Waals surface area contributed by atoms with E-state index in [1.165, 1.54) is 0 Å². The summed E-state index contributed by atoms with van der Waals surface area (Å²) in [6.45, 7) is -3.62. The molecule has 3 unspecified atom stereocenters. The smallest absolute Gasteiger partial charge is 0.368 e. The molecule has 3 N–H and O–H groups in total. The quantitative estimate of drug-likeness (QED) is 0.415. The third-order valence-electron chi connectivity index (χ3n) is 6.83. The summed E-state index contributed by atoms with van der Waals surface area (Å²) >= 11 is 0. The lowest BCUT2D eigenvalue weighted by molar-refractivity contribution is -0.321. The Hall–Kier alpha value is -2.42. The monoisotopic (exact) mass is 517 g/mol. The third-order valence-corrected chi connectivity index (χ3v) is 6.83. The molecule has 3 rings (SSSR count). The number of primary amides is 1. The van der Waals surface area contributed by atoms with Crippen LogP contribution in [0.4, 0.5) is 26.3 Å². The molecule has 1 spiro atoms. The van der Waals surface area contributed by atoms with E-state index >= 15 is 0 Å². The summed E-state index contributed by atoms with van der Waals surface area (Å²) in [7, 11) is 0. The summed E-state index contributed by atoms with van der Waals surface area (Å²) < 4.78 is 82.5. The molecule has 2 saturated heterocycles. The number of nitrogens with zero attached hydrogens (tertiary/aromatic N) is 1. The number of alkyl halides is 6. The fraction of sp³-hybridized carbons (Fsp3) is 0.800. The number of carbonyl (C=O) groups excluding carboxylic acids is 4. The first-order valence-electron chi connectivity index (χ1n) is 10.9. The maximum atomic E-state index is 12.7. The molecule has 3 amide bonds. The zero-order valence-corrected chi connectivity index (χ0v) is 18.4. The van der Waals surface area contributed by atoms with E-state index in [-0.39, 0.29) is 31.7 Å². The van der Waals surface area contributed by atoms with Gasteiger partial charge in [-0.15, -0.1) is 13.2 Å². The van der Waals surface area contributed by atoms with Gasteiger partial charge in [-0.1, -0.05) is 0 Å². The molecule has 0 radical (unpaired) electrons. The van der Waals surface area contributed by atoms with Crippen LogP contribution < -0.4 is 11.1 Å². The normalized spacial score (nSPS) is 29.4. The average molecular weight is 517 g/mol. The second-order valence-electron chi connectivity index (χ2n) is 9.24. The van der Waals surface area contributed by atoms with Crippen molar-refractivity contribution < 1.29 is 55.0 Å². The number of Topliss-reactive ketones (excluding diaryl/α,β-unsaturated/α-hetero) is 1. The van der Waals surface area contributed by atoms with E-state index in [2.05, 4.69) is 14.8 Å². The van der Waals surface area contributed by atoms with Gasteiger partial charge in [0.15, 0.2) is 5.78 Å². The van der Waals surface area contributed by atoms with Gasteiger partial charge in [-0.05, 0) is 37.0 Å². The van der Waals surface area contributed by atoms with Crippen molar-refractivity contribution in [3.63, 3.8) is 0 Å². The first-order valence-corrected chi connectivity index (χ1v) is 10.9. The van der Waals surface area contributed by atoms with Crippen LogP contribution in [-0.2, 0) is 28.7 Å². The van der Waals surface area contributed by atoms with Gasteiger partial charge in [0.05, 0.1) is 0 Å². The Kier molecular flexibility index (Phi) is 7.70. The van der Waals surface area contributed by atoms with Gasteiger partial charge in [0.1, 0.15) is 25.9 Å². The van der Waals surface area contributed by atoms with E-state index in [0.29, 0.717) is 13.0 Å². The van der Waals surface area contributed by atoms with Crippen molar-refractivity contribution in [3.05, 3.63) is 0 Å². The zero-order chi connectivity index (χ0) is 26.2. The van der Waals surface area contributed by atoms with Gasteiger partial charge in [0.2, 0.25) is 17.7 Å². The van der Waals surface area contributed by atoms with Gasteiger partial charge in [0, 0.05) is 24.9 Å². The number of ketones is 1. The predicted octanol–water partition coefficient (Wildman–Crippen LogP) is 0.906. The van der Waals surface area contributed by atoms with Gasteiger partial charge < -0.3 is 20.7 Å². The molecule has 3 fully saturated rings. The Labute approximate surface area is 195 Å². The van der Waals surface area contributed by atoms with Crippen LogP contribution in [0.5, 0.6) is 0 Å². The van der Waals surface area contributed by atoms with E-state index < -0.39 is 79.2 Å². The standard InChI is InChI=1S/C20H25F6N3O6/c21-19(22,23)9-34-7-15(31)29-8-18(5-13(29)16(27)32)4-12(18)11(3-10-1-2-28-17(10)33)14(30)6-35-20(24,25)26/h10-13H,1-9H2,(H2,27,32)(H,28,33)/t10-,11+,12?,13?,18?/m1/s1. The molecular weight excluding hydrogens is 492 g/mol. The largest absolute Gasteiger partial charge is 0.522 e. The van der Waals surface area contributed by atoms with E-state index in [1.54, 1.807) is 0 Å². The third kappa shape index (κ3) is 6.84. The molecule has 0 aromatic heterocycles. The molecule has 2 aliphatic heterocycles. The van der Waals surface area contributed by atoms with Crippen molar-refractivity contribution in [2.45, 2.75) is 44.3 Å². The first kappa shape index (κ1) is 27.2. The van der Waals surface area contributed by atoms with Crippen LogP contribution in [0, 0.1) is 23.2 Å². The molecule has 5 atom stereocenters. The highest BCUT2D eigenvalue weighted by Crippen LogP contribution is 2.64. The molecule has 9 nitrogen and oxygen atoms in total. The summed E-state index contributed by atoms with van der Waals surface area (Å²) in [5.74, 6) is -5.15. The molecule has 15 heteroatoms. The number of hydrogen-bond acceptors (Lipinski definition) is 6. The SMILES string of the molecule is NC(=O)C1CC2(CC2[C@H](C[C@H]2CCNC2=O)C(=O)COC(F)(F)F)CN1C(=O)COCC(F)(F)F. The maximum Gasteiger partial charge on any atom is 0.522 e. The number of nitrogens with two attached hydrogens (primary N) is 1. The van der Waals surface area contributed by atoms with Crippen LogP contribution in [-0.4, -0.2) is 79.9 Å². The Morgan fingerprint density at radius 2 is 1.83 bits per heavy atom. The maximum absolute atomic E-state index is 12.7. The minimum atomic E-state index is -5.03. The minimum absolute atomic E-state index is 0.00121. The molecule has 1 saturated carbocycles. The van der Waals surface area contributed by atoms with Crippen molar-refractivity contribution in [2.75, 3.05) is 32.9 Å². The van der Waals surface area contributed by atoms with E-state index in [4.69, 9.17) is 5.73 Å². The summed E-state index contributed by atoms with van der Waals surface area (Å²) in [6.07, 6.45) is -9.05. The Bertz CT molecular complexity index is 865. The van der Waals surface area contributed by atoms with Crippen LogP contribution in [0.15, 0.2) is 0 Å². The van der Waals surface area contributed by atoms with Crippen molar-refractivity contribution in [1.29, 1.82) is 0 Å². The van der Waals surface area contributed by atoms with E-state index in [1.807, 2.05) is 0 Å². The average Bonchev–Trinajstić information content (AvgIpc) is 3.03. The Morgan fingerprint density at radius 1 is 1.14 bits per heavy atom. The van der Waals surface area contributed by atoms with Gasteiger partial charge in [-0.3, -0.25) is 23.9 Å². The number of ether oxygens (including phenoxy) is 2. The lowest BCUT2D eigenvalue weighted by atomic mass is 9.83. The highest BCUT2D eigenvalue weighted by molar-refractivity contribution is 5.89. The second-order valence-corrected chi connectivity index (χ2v) is 9.24. The highest BCUT2D eigenvalue weighted by Gasteiger charge is 2.65. The van der Waals surface area contributed by atoms with Crippen LogP contribution in [0.25, 0.3) is 0 Å². The van der Waals surface area contributed by atoms with Crippen LogP contribution in [0.2, 0.25) is 0 Å². The molecule has 0 aromatic rings. The predicted molar refractivity (Wildman–Crippen MR) is 103 cm³/mol. The first-order chi connectivity index (χ1) is 16.1. The molecule has 1 aliphatic carbocycles. The zero-order valence-electron chi connectivity index (χ0n) is 18.4.